The Kier molecular flexibility index (Phi) is 4.41. The molecule has 0 saturated carbocycles. The summed E-state index contributed by atoms with van der Waals surface area (Å²) < 4.78 is 0. The first-order chi connectivity index (χ1) is 6.83. The Morgan fingerprint density at radius 2 is 1.71 bits per heavy atom. The third kappa shape index (κ3) is 2.46. The van der Waals surface area contributed by atoms with E-state index < -0.39 is 0 Å². The highest BCUT2D eigenvalue weighted by molar-refractivity contribution is 5.68. The lowest BCUT2D eigenvalue weighted by Gasteiger charge is -2.11. The quantitative estimate of drug-likeness (QED) is 0.773. The zero-order chi connectivity index (χ0) is 10.4. The molecule has 2 N–H and O–H groups in total. The van der Waals surface area contributed by atoms with Crippen LogP contribution in [0.2, 0.25) is 0 Å². The molecule has 76 valence electrons. The van der Waals surface area contributed by atoms with E-state index in [2.05, 4.69) is 38.1 Å². The fraction of sp³-hybridized carbons (Fsp3) is 0.385. The van der Waals surface area contributed by atoms with Crippen molar-refractivity contribution >= 4 is 5.57 Å². The standard InChI is InChI=1S/C13H19N/c1-3-11(10-14)13(4-2)12-8-6-5-7-9-12/h5-9H,3-4,10,14H2,1-2H3. The topological polar surface area (TPSA) is 26.0 Å². The van der Waals surface area contributed by atoms with Crippen LogP contribution >= 0.6 is 0 Å². The van der Waals surface area contributed by atoms with Gasteiger partial charge in [0.2, 0.25) is 0 Å². The van der Waals surface area contributed by atoms with E-state index in [1.54, 1.807) is 0 Å². The second-order valence-electron chi connectivity index (χ2n) is 3.36. The predicted octanol–water partition coefficient (Wildman–Crippen LogP) is 3.22. The maximum Gasteiger partial charge on any atom is 0.0142 e. The minimum Gasteiger partial charge on any atom is -0.327 e. The zero-order valence-corrected chi connectivity index (χ0v) is 9.09. The average molecular weight is 189 g/mol. The second kappa shape index (κ2) is 5.61. The lowest BCUT2D eigenvalue weighted by atomic mass is 9.96. The van der Waals surface area contributed by atoms with Gasteiger partial charge in [-0.15, -0.1) is 0 Å². The summed E-state index contributed by atoms with van der Waals surface area (Å²) in [5.41, 5.74) is 9.84. The van der Waals surface area contributed by atoms with Crippen LogP contribution < -0.4 is 5.73 Å². The monoisotopic (exact) mass is 189 g/mol. The normalized spacial score (nSPS) is 12.5. The summed E-state index contributed by atoms with van der Waals surface area (Å²) in [7, 11) is 0. The van der Waals surface area contributed by atoms with Crippen LogP contribution in [0.1, 0.15) is 32.3 Å². The molecular weight excluding hydrogens is 170 g/mol. The average Bonchev–Trinajstić information content (AvgIpc) is 2.27. The van der Waals surface area contributed by atoms with E-state index in [0.29, 0.717) is 6.54 Å². The van der Waals surface area contributed by atoms with Crippen LogP contribution in [0.15, 0.2) is 35.9 Å². The third-order valence-electron chi connectivity index (χ3n) is 2.58. The van der Waals surface area contributed by atoms with Crippen molar-refractivity contribution in [3.8, 4) is 0 Å². The van der Waals surface area contributed by atoms with Crippen LogP contribution in [0.4, 0.5) is 0 Å². The zero-order valence-electron chi connectivity index (χ0n) is 9.09. The first-order valence-corrected chi connectivity index (χ1v) is 5.29. The molecule has 1 aromatic rings. The molecule has 0 aliphatic rings. The highest BCUT2D eigenvalue weighted by Gasteiger charge is 2.03. The molecule has 14 heavy (non-hydrogen) atoms. The van der Waals surface area contributed by atoms with E-state index >= 15 is 0 Å². The summed E-state index contributed by atoms with van der Waals surface area (Å²) in [5, 5.41) is 0. The molecule has 0 amide bonds. The molecule has 0 heterocycles. The summed E-state index contributed by atoms with van der Waals surface area (Å²) in [6.07, 6.45) is 2.11. The fourth-order valence-electron chi connectivity index (χ4n) is 1.78. The minimum atomic E-state index is 0.675. The van der Waals surface area contributed by atoms with Gasteiger partial charge in [-0.2, -0.15) is 0 Å². The molecule has 1 aromatic carbocycles. The molecule has 0 aliphatic heterocycles. The van der Waals surface area contributed by atoms with Gasteiger partial charge in [-0.05, 0) is 24.0 Å². The maximum absolute atomic E-state index is 5.74. The van der Waals surface area contributed by atoms with Gasteiger partial charge in [0, 0.05) is 6.54 Å². The Labute approximate surface area is 86.6 Å². The molecule has 0 saturated heterocycles. The van der Waals surface area contributed by atoms with Crippen LogP contribution in [-0.2, 0) is 0 Å². The summed E-state index contributed by atoms with van der Waals surface area (Å²) in [4.78, 5) is 0. The molecule has 0 spiro atoms. The predicted molar refractivity (Wildman–Crippen MR) is 63.0 cm³/mol. The summed E-state index contributed by atoms with van der Waals surface area (Å²) in [6.45, 7) is 5.03. The number of benzene rings is 1. The Bertz CT molecular complexity index is 292. The smallest absolute Gasteiger partial charge is 0.0142 e. The number of nitrogens with two attached hydrogens (primary N) is 1. The van der Waals surface area contributed by atoms with Crippen LogP contribution in [-0.4, -0.2) is 6.54 Å². The molecular formula is C13H19N. The number of allylic oxidation sites excluding steroid dienone is 1. The molecule has 0 aliphatic carbocycles. The molecule has 1 heteroatoms. The SMILES string of the molecule is CCC(CN)=C(CC)c1ccccc1. The molecule has 0 radical (unpaired) electrons. The van der Waals surface area contributed by atoms with E-state index in [0.717, 1.165) is 12.8 Å². The van der Waals surface area contributed by atoms with Crippen molar-refractivity contribution in [2.24, 2.45) is 5.73 Å². The van der Waals surface area contributed by atoms with Gasteiger partial charge >= 0.3 is 0 Å². The summed E-state index contributed by atoms with van der Waals surface area (Å²) in [6, 6.07) is 10.5. The van der Waals surface area contributed by atoms with Crippen molar-refractivity contribution in [3.63, 3.8) is 0 Å². The lowest BCUT2D eigenvalue weighted by Crippen LogP contribution is -2.05. The lowest BCUT2D eigenvalue weighted by molar-refractivity contribution is 0.993. The molecule has 0 unspecified atom stereocenters. The first-order valence-electron chi connectivity index (χ1n) is 5.29. The van der Waals surface area contributed by atoms with Crippen molar-refractivity contribution < 1.29 is 0 Å². The van der Waals surface area contributed by atoms with E-state index in [-0.39, 0.29) is 0 Å². The maximum atomic E-state index is 5.74. The van der Waals surface area contributed by atoms with Gasteiger partial charge in [-0.3, -0.25) is 0 Å². The van der Waals surface area contributed by atoms with Gasteiger partial charge in [-0.1, -0.05) is 49.8 Å². The molecule has 0 atom stereocenters. The Morgan fingerprint density at radius 1 is 1.07 bits per heavy atom. The van der Waals surface area contributed by atoms with Crippen molar-refractivity contribution in [1.82, 2.24) is 0 Å². The van der Waals surface area contributed by atoms with Crippen molar-refractivity contribution in [1.29, 1.82) is 0 Å². The van der Waals surface area contributed by atoms with Gasteiger partial charge < -0.3 is 5.73 Å². The van der Waals surface area contributed by atoms with E-state index in [1.165, 1.54) is 16.7 Å². The summed E-state index contributed by atoms with van der Waals surface area (Å²) in [5.74, 6) is 0. The highest BCUT2D eigenvalue weighted by Crippen LogP contribution is 2.23. The highest BCUT2D eigenvalue weighted by atomic mass is 14.5. The van der Waals surface area contributed by atoms with Gasteiger partial charge in [0.05, 0.1) is 0 Å². The van der Waals surface area contributed by atoms with Gasteiger partial charge in [-0.25, -0.2) is 0 Å². The summed E-state index contributed by atoms with van der Waals surface area (Å²) >= 11 is 0. The molecule has 0 bridgehead atoms. The number of rotatable bonds is 4. The van der Waals surface area contributed by atoms with Gasteiger partial charge in [0.1, 0.15) is 0 Å². The van der Waals surface area contributed by atoms with Crippen LogP contribution in [0.25, 0.3) is 5.57 Å². The minimum absolute atomic E-state index is 0.675. The van der Waals surface area contributed by atoms with E-state index in [4.69, 9.17) is 5.73 Å². The van der Waals surface area contributed by atoms with Gasteiger partial charge in [0.15, 0.2) is 0 Å². The van der Waals surface area contributed by atoms with Crippen LogP contribution in [0.5, 0.6) is 0 Å². The van der Waals surface area contributed by atoms with Crippen molar-refractivity contribution in [2.75, 3.05) is 6.54 Å². The number of hydrogen-bond acceptors (Lipinski definition) is 1. The Balaban J connectivity index is 3.09. The van der Waals surface area contributed by atoms with Crippen LogP contribution in [0, 0.1) is 0 Å². The first kappa shape index (κ1) is 11.0. The van der Waals surface area contributed by atoms with Gasteiger partial charge in [0.25, 0.3) is 0 Å². The molecule has 1 rings (SSSR count). The van der Waals surface area contributed by atoms with Crippen molar-refractivity contribution in [3.05, 3.63) is 41.5 Å². The largest absolute Gasteiger partial charge is 0.327 e. The molecule has 1 nitrogen and oxygen atoms in total. The third-order valence-corrected chi connectivity index (χ3v) is 2.58. The molecule has 0 aromatic heterocycles. The van der Waals surface area contributed by atoms with E-state index in [9.17, 15) is 0 Å². The Morgan fingerprint density at radius 3 is 2.14 bits per heavy atom. The Hall–Kier alpha value is -1.08. The van der Waals surface area contributed by atoms with Crippen molar-refractivity contribution in [2.45, 2.75) is 26.7 Å². The molecule has 0 fully saturated rings. The fourth-order valence-corrected chi connectivity index (χ4v) is 1.78. The second-order valence-corrected chi connectivity index (χ2v) is 3.36. The van der Waals surface area contributed by atoms with Crippen LogP contribution in [0.3, 0.4) is 0 Å². The number of hydrogen-bond donors (Lipinski definition) is 1. The van der Waals surface area contributed by atoms with E-state index in [1.807, 2.05) is 6.07 Å².